The van der Waals surface area contributed by atoms with Gasteiger partial charge in [0.25, 0.3) is 5.56 Å². The molecule has 0 aliphatic rings. The van der Waals surface area contributed by atoms with Crippen LogP contribution < -0.4 is 20.9 Å². The molecule has 0 saturated carbocycles. The van der Waals surface area contributed by atoms with Crippen LogP contribution in [0.15, 0.2) is 82.7 Å². The fourth-order valence-electron chi connectivity index (χ4n) is 3.17. The number of ether oxygens (including phenoxy) is 1. The Labute approximate surface area is 187 Å². The first-order chi connectivity index (χ1) is 15.6. The lowest BCUT2D eigenvalue weighted by Crippen LogP contribution is -2.42. The van der Waals surface area contributed by atoms with Gasteiger partial charge in [-0.25, -0.2) is 4.39 Å². The highest BCUT2D eigenvalue weighted by molar-refractivity contribution is 5.79. The maximum atomic E-state index is 13.4. The van der Waals surface area contributed by atoms with Gasteiger partial charge in [0.1, 0.15) is 17.7 Å². The highest BCUT2D eigenvalue weighted by atomic mass is 19.1. The molecule has 3 aromatic rings. The minimum absolute atomic E-state index is 0.0140. The quantitative estimate of drug-likeness (QED) is 0.398. The summed E-state index contributed by atoms with van der Waals surface area (Å²) in [4.78, 5) is 16.1. The first-order valence-electron chi connectivity index (χ1n) is 10.7. The van der Waals surface area contributed by atoms with Crippen LogP contribution in [0.1, 0.15) is 24.5 Å². The minimum atomic E-state index is -0.315. The standard InChI is InChI=1S/C25H29FN4O2/c1-3-22(32-23-8-6-7-21(26)15-23)17-29-25(27-2)28-16-19-10-12-20(13-11-19)18-30-14-5-4-9-24(30)31/h4-15,22H,3,16-18H2,1-2H3,(H2,27,28,29). The van der Waals surface area contributed by atoms with Gasteiger partial charge in [-0.1, -0.05) is 43.3 Å². The van der Waals surface area contributed by atoms with Crippen LogP contribution in [0, 0.1) is 5.82 Å². The van der Waals surface area contributed by atoms with Crippen LogP contribution in [0.25, 0.3) is 0 Å². The van der Waals surface area contributed by atoms with Crippen molar-refractivity contribution in [3.8, 4) is 5.75 Å². The zero-order chi connectivity index (χ0) is 22.8. The van der Waals surface area contributed by atoms with Crippen molar-refractivity contribution in [3.05, 3.63) is 100 Å². The number of halogens is 1. The molecule has 1 heterocycles. The Balaban J connectivity index is 1.48. The molecule has 1 unspecified atom stereocenters. The number of rotatable bonds is 9. The van der Waals surface area contributed by atoms with Gasteiger partial charge in [0, 0.05) is 31.9 Å². The number of aliphatic imine (C=N–C) groups is 1. The monoisotopic (exact) mass is 436 g/mol. The summed E-state index contributed by atoms with van der Waals surface area (Å²) in [5, 5.41) is 6.54. The second-order valence-corrected chi connectivity index (χ2v) is 7.40. The molecule has 2 N–H and O–H groups in total. The zero-order valence-corrected chi connectivity index (χ0v) is 18.4. The lowest BCUT2D eigenvalue weighted by Gasteiger charge is -2.20. The van der Waals surface area contributed by atoms with E-state index in [0.29, 0.717) is 31.3 Å². The maximum Gasteiger partial charge on any atom is 0.250 e. The van der Waals surface area contributed by atoms with Crippen LogP contribution in [0.2, 0.25) is 0 Å². The van der Waals surface area contributed by atoms with Gasteiger partial charge >= 0.3 is 0 Å². The van der Waals surface area contributed by atoms with Crippen LogP contribution in [0.5, 0.6) is 5.75 Å². The van der Waals surface area contributed by atoms with E-state index in [1.54, 1.807) is 42.1 Å². The summed E-state index contributed by atoms with van der Waals surface area (Å²) in [6.45, 7) is 3.71. The molecular weight excluding hydrogens is 407 g/mol. The van der Waals surface area contributed by atoms with Crippen LogP contribution in [0.3, 0.4) is 0 Å². The predicted molar refractivity (Wildman–Crippen MR) is 126 cm³/mol. The number of hydrogen-bond acceptors (Lipinski definition) is 3. The predicted octanol–water partition coefficient (Wildman–Crippen LogP) is 3.56. The largest absolute Gasteiger partial charge is 0.489 e. The average molecular weight is 437 g/mol. The molecule has 0 radical (unpaired) electrons. The van der Waals surface area contributed by atoms with Crippen molar-refractivity contribution < 1.29 is 9.13 Å². The second kappa shape index (κ2) is 11.7. The normalized spacial score (nSPS) is 12.3. The topological polar surface area (TPSA) is 67.7 Å². The lowest BCUT2D eigenvalue weighted by molar-refractivity contribution is 0.199. The number of pyridine rings is 1. The Morgan fingerprint density at radius 2 is 1.84 bits per heavy atom. The summed E-state index contributed by atoms with van der Waals surface area (Å²) in [6.07, 6.45) is 2.44. The Hall–Kier alpha value is -3.61. The third-order valence-corrected chi connectivity index (χ3v) is 5.01. The maximum absolute atomic E-state index is 13.4. The van der Waals surface area contributed by atoms with E-state index in [-0.39, 0.29) is 17.5 Å². The molecule has 2 aromatic carbocycles. The number of guanidine groups is 1. The first-order valence-corrected chi connectivity index (χ1v) is 10.7. The number of aromatic nitrogens is 1. The molecule has 3 rings (SSSR count). The van der Waals surface area contributed by atoms with Gasteiger partial charge in [-0.15, -0.1) is 0 Å². The van der Waals surface area contributed by atoms with Crippen molar-refractivity contribution in [1.82, 2.24) is 15.2 Å². The van der Waals surface area contributed by atoms with Crippen LogP contribution >= 0.6 is 0 Å². The molecule has 1 atom stereocenters. The molecule has 0 bridgehead atoms. The SMILES string of the molecule is CCC(CNC(=NC)NCc1ccc(Cn2ccccc2=O)cc1)Oc1cccc(F)c1. The van der Waals surface area contributed by atoms with E-state index in [2.05, 4.69) is 15.6 Å². The van der Waals surface area contributed by atoms with Crippen molar-refractivity contribution in [2.24, 2.45) is 4.99 Å². The summed E-state index contributed by atoms with van der Waals surface area (Å²) < 4.78 is 20.9. The summed E-state index contributed by atoms with van der Waals surface area (Å²) in [7, 11) is 1.71. The molecule has 0 aliphatic carbocycles. The fraction of sp³-hybridized carbons (Fsp3) is 0.280. The molecular formula is C25H29FN4O2. The fourth-order valence-corrected chi connectivity index (χ4v) is 3.17. The van der Waals surface area contributed by atoms with Crippen LogP contribution in [0.4, 0.5) is 4.39 Å². The lowest BCUT2D eigenvalue weighted by atomic mass is 10.1. The molecule has 168 valence electrons. The number of nitrogens with one attached hydrogen (secondary N) is 2. The molecule has 6 nitrogen and oxygen atoms in total. The Morgan fingerprint density at radius 3 is 2.53 bits per heavy atom. The highest BCUT2D eigenvalue weighted by Gasteiger charge is 2.10. The van der Waals surface area contributed by atoms with E-state index in [1.807, 2.05) is 37.3 Å². The summed E-state index contributed by atoms with van der Waals surface area (Å²) in [5.41, 5.74) is 2.14. The highest BCUT2D eigenvalue weighted by Crippen LogP contribution is 2.14. The molecule has 0 saturated heterocycles. The van der Waals surface area contributed by atoms with Gasteiger partial charge in [0.05, 0.1) is 13.1 Å². The van der Waals surface area contributed by atoms with Gasteiger partial charge in [0.2, 0.25) is 0 Å². The van der Waals surface area contributed by atoms with Gasteiger partial charge in [0.15, 0.2) is 5.96 Å². The Morgan fingerprint density at radius 1 is 1.06 bits per heavy atom. The molecule has 7 heteroatoms. The van der Waals surface area contributed by atoms with Crippen LogP contribution in [-0.4, -0.2) is 30.2 Å². The number of hydrogen-bond donors (Lipinski definition) is 2. The first kappa shape index (κ1) is 23.1. The van der Waals surface area contributed by atoms with Crippen LogP contribution in [-0.2, 0) is 13.1 Å². The van der Waals surface area contributed by atoms with E-state index in [4.69, 9.17) is 4.74 Å². The summed E-state index contributed by atoms with van der Waals surface area (Å²) >= 11 is 0. The van der Waals surface area contributed by atoms with E-state index in [1.165, 1.54) is 12.1 Å². The number of nitrogens with zero attached hydrogens (tertiary/aromatic N) is 2. The van der Waals surface area contributed by atoms with Crippen molar-refractivity contribution in [3.63, 3.8) is 0 Å². The molecule has 0 spiro atoms. The molecule has 32 heavy (non-hydrogen) atoms. The zero-order valence-electron chi connectivity index (χ0n) is 18.4. The van der Waals surface area contributed by atoms with Gasteiger partial charge in [-0.05, 0) is 35.7 Å². The third kappa shape index (κ3) is 6.97. The number of benzene rings is 2. The molecule has 1 aromatic heterocycles. The summed E-state index contributed by atoms with van der Waals surface area (Å²) in [6, 6.07) is 19.4. The second-order valence-electron chi connectivity index (χ2n) is 7.40. The average Bonchev–Trinajstić information content (AvgIpc) is 2.81. The van der Waals surface area contributed by atoms with Crippen molar-refractivity contribution in [2.45, 2.75) is 32.5 Å². The van der Waals surface area contributed by atoms with Gasteiger partial charge in [-0.3, -0.25) is 9.79 Å². The van der Waals surface area contributed by atoms with E-state index in [9.17, 15) is 9.18 Å². The molecule has 0 aliphatic heterocycles. The Bertz CT molecular complexity index is 1080. The van der Waals surface area contributed by atoms with E-state index < -0.39 is 0 Å². The van der Waals surface area contributed by atoms with Crippen molar-refractivity contribution >= 4 is 5.96 Å². The van der Waals surface area contributed by atoms with E-state index in [0.717, 1.165) is 17.5 Å². The summed E-state index contributed by atoms with van der Waals surface area (Å²) in [5.74, 6) is 0.857. The van der Waals surface area contributed by atoms with E-state index >= 15 is 0 Å². The van der Waals surface area contributed by atoms with Gasteiger partial charge in [-0.2, -0.15) is 0 Å². The third-order valence-electron chi connectivity index (χ3n) is 5.01. The Kier molecular flexibility index (Phi) is 8.43. The minimum Gasteiger partial charge on any atom is -0.489 e. The van der Waals surface area contributed by atoms with Crippen molar-refractivity contribution in [2.75, 3.05) is 13.6 Å². The van der Waals surface area contributed by atoms with Gasteiger partial charge < -0.3 is 19.9 Å². The smallest absolute Gasteiger partial charge is 0.250 e. The molecule has 0 fully saturated rings. The molecule has 0 amide bonds. The van der Waals surface area contributed by atoms with Crippen molar-refractivity contribution in [1.29, 1.82) is 0 Å².